The zero-order chi connectivity index (χ0) is 16.3. The lowest BCUT2D eigenvalue weighted by atomic mass is 9.85. The fourth-order valence-corrected chi connectivity index (χ4v) is 3.52. The van der Waals surface area contributed by atoms with Crippen molar-refractivity contribution in [2.75, 3.05) is 6.54 Å². The second-order valence-electron chi connectivity index (χ2n) is 6.87. The van der Waals surface area contributed by atoms with E-state index in [0.29, 0.717) is 12.0 Å². The maximum absolute atomic E-state index is 3.94. The summed E-state index contributed by atoms with van der Waals surface area (Å²) < 4.78 is 0. The number of hydrogen-bond acceptors (Lipinski definition) is 1. The van der Waals surface area contributed by atoms with Crippen molar-refractivity contribution >= 4 is 0 Å². The van der Waals surface area contributed by atoms with Crippen LogP contribution in [0.2, 0.25) is 0 Å². The highest BCUT2D eigenvalue weighted by Crippen LogP contribution is 2.27. The van der Waals surface area contributed by atoms with Crippen LogP contribution in [0.15, 0.2) is 36.4 Å². The third-order valence-electron chi connectivity index (χ3n) is 4.97. The van der Waals surface area contributed by atoms with Crippen molar-refractivity contribution in [1.29, 1.82) is 0 Å². The van der Waals surface area contributed by atoms with E-state index >= 15 is 0 Å². The molecular formula is C22H34N. The molecule has 127 valence electrons. The second kappa shape index (κ2) is 10.6. The number of rotatable bonds is 10. The van der Waals surface area contributed by atoms with Crippen LogP contribution < -0.4 is 5.32 Å². The highest BCUT2D eigenvalue weighted by Gasteiger charge is 2.22. The van der Waals surface area contributed by atoms with Crippen LogP contribution in [0.3, 0.4) is 0 Å². The molecule has 1 N–H and O–H groups in total. The Hall–Kier alpha value is -1.08. The standard InChI is InChI=1S/C22H34N/c1-3-5-7-9-13-22-21(12-10-18-23-22)20-16-14-19(15-17-20)11-8-6-4-2/h10,12,14-17,21-23H,1,3-9,11,13,18H2,2H3. The summed E-state index contributed by atoms with van der Waals surface area (Å²) in [5.74, 6) is 0.535. The zero-order valence-electron chi connectivity index (χ0n) is 14.9. The minimum Gasteiger partial charge on any atom is -0.310 e. The molecule has 0 aliphatic carbocycles. The predicted octanol–water partition coefficient (Wildman–Crippen LogP) is 5.82. The van der Waals surface area contributed by atoms with Gasteiger partial charge in [0.15, 0.2) is 0 Å². The lowest BCUT2D eigenvalue weighted by molar-refractivity contribution is 0.430. The minimum absolute atomic E-state index is 0.535. The molecule has 0 bridgehead atoms. The van der Waals surface area contributed by atoms with E-state index in [1.807, 2.05) is 0 Å². The van der Waals surface area contributed by atoms with Gasteiger partial charge in [0.25, 0.3) is 0 Å². The van der Waals surface area contributed by atoms with E-state index in [9.17, 15) is 0 Å². The fourth-order valence-electron chi connectivity index (χ4n) is 3.52. The van der Waals surface area contributed by atoms with Crippen molar-refractivity contribution < 1.29 is 0 Å². The van der Waals surface area contributed by atoms with Gasteiger partial charge in [0.05, 0.1) is 0 Å². The molecular weight excluding hydrogens is 278 g/mol. The number of nitrogens with one attached hydrogen (secondary N) is 1. The zero-order valence-corrected chi connectivity index (χ0v) is 14.9. The van der Waals surface area contributed by atoms with Crippen LogP contribution in [0.4, 0.5) is 0 Å². The molecule has 1 aromatic rings. The SMILES string of the molecule is [CH2]CCCCCC1NCC=CC1c1ccc(CCCCC)cc1. The summed E-state index contributed by atoms with van der Waals surface area (Å²) in [4.78, 5) is 0. The van der Waals surface area contributed by atoms with Crippen LogP contribution in [0.1, 0.15) is 75.3 Å². The summed E-state index contributed by atoms with van der Waals surface area (Å²) in [6.45, 7) is 7.23. The van der Waals surface area contributed by atoms with E-state index in [1.165, 1.54) is 62.5 Å². The molecule has 1 aromatic carbocycles. The first-order valence-corrected chi connectivity index (χ1v) is 9.63. The topological polar surface area (TPSA) is 12.0 Å². The van der Waals surface area contributed by atoms with Gasteiger partial charge >= 0.3 is 0 Å². The molecule has 1 aliphatic heterocycles. The van der Waals surface area contributed by atoms with E-state index in [-0.39, 0.29) is 0 Å². The van der Waals surface area contributed by atoms with E-state index in [2.05, 4.69) is 55.6 Å². The van der Waals surface area contributed by atoms with Gasteiger partial charge in [-0.25, -0.2) is 0 Å². The quantitative estimate of drug-likeness (QED) is 0.424. The summed E-state index contributed by atoms with van der Waals surface area (Å²) in [7, 11) is 0. The summed E-state index contributed by atoms with van der Waals surface area (Å²) in [5.41, 5.74) is 2.96. The van der Waals surface area contributed by atoms with Crippen molar-refractivity contribution in [3.8, 4) is 0 Å². The first-order valence-electron chi connectivity index (χ1n) is 9.63. The molecule has 0 aromatic heterocycles. The molecule has 0 saturated carbocycles. The third-order valence-corrected chi connectivity index (χ3v) is 4.97. The Morgan fingerprint density at radius 3 is 2.61 bits per heavy atom. The highest BCUT2D eigenvalue weighted by atomic mass is 14.9. The lowest BCUT2D eigenvalue weighted by Gasteiger charge is -2.29. The molecule has 2 rings (SSSR count). The van der Waals surface area contributed by atoms with Gasteiger partial charge in [0.1, 0.15) is 0 Å². The first kappa shape index (κ1) is 18.3. The number of benzene rings is 1. The van der Waals surface area contributed by atoms with Crippen molar-refractivity contribution in [2.24, 2.45) is 0 Å². The average molecular weight is 313 g/mol. The molecule has 0 fully saturated rings. The van der Waals surface area contributed by atoms with Crippen molar-refractivity contribution in [1.82, 2.24) is 5.32 Å². The van der Waals surface area contributed by atoms with E-state index in [4.69, 9.17) is 0 Å². The van der Waals surface area contributed by atoms with Crippen LogP contribution >= 0.6 is 0 Å². The molecule has 1 aliphatic rings. The van der Waals surface area contributed by atoms with Crippen LogP contribution in [-0.2, 0) is 6.42 Å². The predicted molar refractivity (Wildman–Crippen MR) is 102 cm³/mol. The minimum atomic E-state index is 0.535. The molecule has 23 heavy (non-hydrogen) atoms. The second-order valence-corrected chi connectivity index (χ2v) is 6.87. The van der Waals surface area contributed by atoms with Crippen molar-refractivity contribution in [2.45, 2.75) is 76.7 Å². The van der Waals surface area contributed by atoms with E-state index in [0.717, 1.165) is 13.0 Å². The molecule has 1 nitrogen and oxygen atoms in total. The van der Waals surface area contributed by atoms with Crippen LogP contribution in [0.25, 0.3) is 0 Å². The van der Waals surface area contributed by atoms with Crippen LogP contribution in [0, 0.1) is 6.92 Å². The maximum Gasteiger partial charge on any atom is 0.0173 e. The Morgan fingerprint density at radius 1 is 1.04 bits per heavy atom. The number of unbranched alkanes of at least 4 members (excludes halogenated alkanes) is 5. The summed E-state index contributed by atoms with van der Waals surface area (Å²) in [6, 6.07) is 9.98. The summed E-state index contributed by atoms with van der Waals surface area (Å²) in [5, 5.41) is 3.70. The monoisotopic (exact) mass is 312 g/mol. The van der Waals surface area contributed by atoms with Gasteiger partial charge in [0, 0.05) is 18.5 Å². The van der Waals surface area contributed by atoms with Crippen molar-refractivity contribution in [3.05, 3.63) is 54.5 Å². The van der Waals surface area contributed by atoms with Gasteiger partial charge in [0.2, 0.25) is 0 Å². The Kier molecular flexibility index (Phi) is 8.46. The van der Waals surface area contributed by atoms with Gasteiger partial charge in [-0.2, -0.15) is 0 Å². The molecule has 1 heterocycles. The smallest absolute Gasteiger partial charge is 0.0173 e. The Bertz CT molecular complexity index is 446. The van der Waals surface area contributed by atoms with Gasteiger partial charge in [-0.3, -0.25) is 0 Å². The van der Waals surface area contributed by atoms with Gasteiger partial charge in [-0.1, -0.05) is 88.8 Å². The Labute approximate surface area is 143 Å². The molecule has 0 saturated heterocycles. The Morgan fingerprint density at radius 2 is 1.87 bits per heavy atom. The molecule has 1 heteroatoms. The first-order chi connectivity index (χ1) is 11.3. The van der Waals surface area contributed by atoms with E-state index < -0.39 is 0 Å². The normalized spacial score (nSPS) is 20.8. The molecule has 0 spiro atoms. The maximum atomic E-state index is 3.94. The summed E-state index contributed by atoms with van der Waals surface area (Å²) in [6.07, 6.45) is 16.1. The molecule has 2 atom stereocenters. The molecule has 1 radical (unpaired) electrons. The number of hydrogen-bond donors (Lipinski definition) is 1. The molecule has 2 unspecified atom stereocenters. The van der Waals surface area contributed by atoms with Crippen molar-refractivity contribution in [3.63, 3.8) is 0 Å². The van der Waals surface area contributed by atoms with E-state index in [1.54, 1.807) is 0 Å². The van der Waals surface area contributed by atoms with Gasteiger partial charge in [-0.05, 0) is 30.4 Å². The number of aryl methyl sites for hydroxylation is 1. The van der Waals surface area contributed by atoms with Gasteiger partial charge in [-0.15, -0.1) is 0 Å². The summed E-state index contributed by atoms with van der Waals surface area (Å²) >= 11 is 0. The van der Waals surface area contributed by atoms with Crippen LogP contribution in [0.5, 0.6) is 0 Å². The molecule has 0 amide bonds. The highest BCUT2D eigenvalue weighted by molar-refractivity contribution is 5.31. The van der Waals surface area contributed by atoms with Crippen LogP contribution in [-0.4, -0.2) is 12.6 Å². The van der Waals surface area contributed by atoms with Gasteiger partial charge < -0.3 is 5.32 Å². The third kappa shape index (κ3) is 6.14. The average Bonchev–Trinajstić information content (AvgIpc) is 2.60. The largest absolute Gasteiger partial charge is 0.310 e. The fraction of sp³-hybridized carbons (Fsp3) is 0.591. The lowest BCUT2D eigenvalue weighted by Crippen LogP contribution is -2.37. The Balaban J connectivity index is 1.91.